The van der Waals surface area contributed by atoms with Crippen LogP contribution in [0.4, 0.5) is 0 Å². The quantitative estimate of drug-likeness (QED) is 0.529. The monoisotopic (exact) mass is 409 g/mol. The van der Waals surface area contributed by atoms with Gasteiger partial charge in [0, 0.05) is 12.1 Å². The van der Waals surface area contributed by atoms with Crippen molar-refractivity contribution in [1.29, 1.82) is 0 Å². The number of nitrogens with one attached hydrogen (secondary N) is 2. The van der Waals surface area contributed by atoms with E-state index in [1.54, 1.807) is 0 Å². The van der Waals surface area contributed by atoms with Gasteiger partial charge in [-0.05, 0) is 31.6 Å². The standard InChI is InChI=1S/C22H27N5OS/c1-4-16-10-12-18(13-11-16)21-24-22(26-25-21)29-15-20(28)23-14-19(27(2)3)17-8-6-5-7-9-17/h5-13,19H,4,14-15H2,1-3H3,(H,23,28)(H,24,25,26)/t19-/m0/s1. The van der Waals surface area contributed by atoms with Gasteiger partial charge in [-0.15, -0.1) is 5.10 Å². The van der Waals surface area contributed by atoms with Gasteiger partial charge < -0.3 is 10.2 Å². The molecule has 0 aliphatic heterocycles. The third-order valence-corrected chi connectivity index (χ3v) is 5.58. The van der Waals surface area contributed by atoms with Gasteiger partial charge in [0.25, 0.3) is 0 Å². The van der Waals surface area contributed by atoms with Crippen LogP contribution in [0.5, 0.6) is 0 Å². The topological polar surface area (TPSA) is 73.9 Å². The Morgan fingerprint density at radius 3 is 2.52 bits per heavy atom. The van der Waals surface area contributed by atoms with Crippen LogP contribution in [0.2, 0.25) is 0 Å². The molecule has 2 aromatic carbocycles. The highest BCUT2D eigenvalue weighted by Crippen LogP contribution is 2.20. The van der Waals surface area contributed by atoms with Crippen LogP contribution in [-0.4, -0.2) is 52.4 Å². The lowest BCUT2D eigenvalue weighted by Gasteiger charge is -2.25. The average molecular weight is 410 g/mol. The first-order valence-electron chi connectivity index (χ1n) is 9.69. The number of likely N-dealkylation sites (N-methyl/N-ethyl adjacent to an activating group) is 1. The molecule has 1 aromatic heterocycles. The zero-order valence-corrected chi connectivity index (χ0v) is 17.9. The van der Waals surface area contributed by atoms with Crippen molar-refractivity contribution >= 4 is 17.7 Å². The summed E-state index contributed by atoms with van der Waals surface area (Å²) in [5, 5.41) is 10.8. The van der Waals surface area contributed by atoms with E-state index >= 15 is 0 Å². The number of rotatable bonds is 9. The van der Waals surface area contributed by atoms with Gasteiger partial charge in [-0.2, -0.15) is 0 Å². The van der Waals surface area contributed by atoms with Gasteiger partial charge in [0.15, 0.2) is 5.82 Å². The van der Waals surface area contributed by atoms with Crippen LogP contribution < -0.4 is 5.32 Å². The van der Waals surface area contributed by atoms with Crippen LogP contribution in [0.1, 0.15) is 24.1 Å². The Balaban J connectivity index is 1.51. The number of hydrogen-bond acceptors (Lipinski definition) is 5. The number of carbonyl (C=O) groups is 1. The van der Waals surface area contributed by atoms with E-state index in [0.717, 1.165) is 12.0 Å². The number of benzene rings is 2. The van der Waals surface area contributed by atoms with E-state index in [1.807, 2.05) is 44.4 Å². The summed E-state index contributed by atoms with van der Waals surface area (Å²) in [4.78, 5) is 18.9. The molecule has 7 heteroatoms. The Labute approximate surface area is 176 Å². The van der Waals surface area contributed by atoms with E-state index in [0.29, 0.717) is 17.5 Å². The Hall–Kier alpha value is -2.64. The molecule has 0 aliphatic rings. The summed E-state index contributed by atoms with van der Waals surface area (Å²) in [5.74, 6) is 0.963. The Morgan fingerprint density at radius 1 is 1.14 bits per heavy atom. The Morgan fingerprint density at radius 2 is 1.86 bits per heavy atom. The molecule has 1 atom stereocenters. The lowest BCUT2D eigenvalue weighted by Crippen LogP contribution is -2.35. The molecule has 1 amide bonds. The Kier molecular flexibility index (Phi) is 7.43. The maximum Gasteiger partial charge on any atom is 0.230 e. The number of aryl methyl sites for hydroxylation is 1. The largest absolute Gasteiger partial charge is 0.353 e. The fraction of sp³-hybridized carbons (Fsp3) is 0.318. The van der Waals surface area contributed by atoms with E-state index < -0.39 is 0 Å². The number of H-pyrrole nitrogens is 1. The van der Waals surface area contributed by atoms with Crippen LogP contribution in [0, 0.1) is 0 Å². The number of thioether (sulfide) groups is 1. The lowest BCUT2D eigenvalue weighted by molar-refractivity contribution is -0.118. The molecule has 2 N–H and O–H groups in total. The molecule has 152 valence electrons. The van der Waals surface area contributed by atoms with Crippen molar-refractivity contribution < 1.29 is 4.79 Å². The number of amides is 1. The molecule has 0 spiro atoms. The maximum atomic E-state index is 12.3. The molecule has 1 heterocycles. The van der Waals surface area contributed by atoms with Crippen molar-refractivity contribution in [3.8, 4) is 11.4 Å². The van der Waals surface area contributed by atoms with Gasteiger partial charge >= 0.3 is 0 Å². The molecule has 0 saturated heterocycles. The highest BCUT2D eigenvalue weighted by Gasteiger charge is 2.15. The number of aromatic nitrogens is 3. The molecule has 0 bridgehead atoms. The fourth-order valence-corrected chi connectivity index (χ4v) is 3.63. The van der Waals surface area contributed by atoms with Crippen LogP contribution >= 0.6 is 11.8 Å². The minimum Gasteiger partial charge on any atom is -0.353 e. The van der Waals surface area contributed by atoms with Crippen LogP contribution in [-0.2, 0) is 11.2 Å². The second-order valence-electron chi connectivity index (χ2n) is 7.00. The van der Waals surface area contributed by atoms with E-state index in [4.69, 9.17) is 0 Å². The first kappa shape index (κ1) is 21.1. The Bertz CT molecular complexity index is 908. The highest BCUT2D eigenvalue weighted by molar-refractivity contribution is 7.99. The SMILES string of the molecule is CCc1ccc(-c2nc(SCC(=O)NC[C@@H](c3ccccc3)N(C)C)n[nH]2)cc1. The van der Waals surface area contributed by atoms with Crippen molar-refractivity contribution in [3.63, 3.8) is 0 Å². The lowest BCUT2D eigenvalue weighted by atomic mass is 10.1. The summed E-state index contributed by atoms with van der Waals surface area (Å²) in [6.45, 7) is 2.68. The van der Waals surface area contributed by atoms with Crippen molar-refractivity contribution in [2.45, 2.75) is 24.5 Å². The third-order valence-electron chi connectivity index (χ3n) is 4.73. The van der Waals surface area contributed by atoms with Crippen LogP contribution in [0.25, 0.3) is 11.4 Å². The minimum absolute atomic E-state index is 0.0311. The number of carbonyl (C=O) groups excluding carboxylic acids is 1. The molecule has 0 aliphatic carbocycles. The highest BCUT2D eigenvalue weighted by atomic mass is 32.2. The summed E-state index contributed by atoms with van der Waals surface area (Å²) in [7, 11) is 4.03. The second-order valence-corrected chi connectivity index (χ2v) is 7.94. The molecule has 0 radical (unpaired) electrons. The van der Waals surface area contributed by atoms with Crippen molar-refractivity contribution in [2.24, 2.45) is 0 Å². The fourth-order valence-electron chi connectivity index (χ4n) is 3.00. The smallest absolute Gasteiger partial charge is 0.230 e. The average Bonchev–Trinajstić information content (AvgIpc) is 3.22. The van der Waals surface area contributed by atoms with E-state index in [1.165, 1.54) is 22.9 Å². The summed E-state index contributed by atoms with van der Waals surface area (Å²) in [6, 6.07) is 18.6. The molecular weight excluding hydrogens is 382 g/mol. The van der Waals surface area contributed by atoms with Gasteiger partial charge in [0.05, 0.1) is 11.8 Å². The predicted octanol–water partition coefficient (Wildman–Crippen LogP) is 3.55. The van der Waals surface area contributed by atoms with Gasteiger partial charge in [-0.25, -0.2) is 4.98 Å². The molecule has 3 aromatic rings. The maximum absolute atomic E-state index is 12.3. The number of nitrogens with zero attached hydrogens (tertiary/aromatic N) is 3. The van der Waals surface area contributed by atoms with Gasteiger partial charge in [-0.1, -0.05) is 73.3 Å². The van der Waals surface area contributed by atoms with Crippen LogP contribution in [0.3, 0.4) is 0 Å². The van der Waals surface area contributed by atoms with Crippen molar-refractivity contribution in [3.05, 3.63) is 65.7 Å². The van der Waals surface area contributed by atoms with Crippen molar-refractivity contribution in [2.75, 3.05) is 26.4 Å². The number of hydrogen-bond donors (Lipinski definition) is 2. The first-order valence-corrected chi connectivity index (χ1v) is 10.7. The van der Waals surface area contributed by atoms with Gasteiger partial charge in [0.2, 0.25) is 11.1 Å². The minimum atomic E-state index is -0.0311. The molecular formula is C22H27N5OS. The zero-order chi connectivity index (χ0) is 20.6. The molecule has 29 heavy (non-hydrogen) atoms. The zero-order valence-electron chi connectivity index (χ0n) is 17.1. The summed E-state index contributed by atoms with van der Waals surface area (Å²) < 4.78 is 0. The summed E-state index contributed by atoms with van der Waals surface area (Å²) in [6.07, 6.45) is 1.01. The number of aromatic amines is 1. The third kappa shape index (κ3) is 5.92. The van der Waals surface area contributed by atoms with Gasteiger partial charge in [0.1, 0.15) is 0 Å². The first-order chi connectivity index (χ1) is 14.1. The van der Waals surface area contributed by atoms with E-state index in [9.17, 15) is 4.79 Å². The normalized spacial score (nSPS) is 12.1. The molecule has 0 fully saturated rings. The van der Waals surface area contributed by atoms with E-state index in [2.05, 4.69) is 56.6 Å². The van der Waals surface area contributed by atoms with Gasteiger partial charge in [-0.3, -0.25) is 9.89 Å². The summed E-state index contributed by atoms with van der Waals surface area (Å²) in [5.41, 5.74) is 3.45. The predicted molar refractivity (Wildman–Crippen MR) is 118 cm³/mol. The molecule has 0 unspecified atom stereocenters. The van der Waals surface area contributed by atoms with Crippen LogP contribution in [0.15, 0.2) is 59.8 Å². The molecule has 6 nitrogen and oxygen atoms in total. The molecule has 0 saturated carbocycles. The summed E-state index contributed by atoms with van der Waals surface area (Å²) >= 11 is 1.33. The second kappa shape index (κ2) is 10.2. The van der Waals surface area contributed by atoms with Crippen molar-refractivity contribution in [1.82, 2.24) is 25.4 Å². The molecule has 3 rings (SSSR count). The van der Waals surface area contributed by atoms with E-state index in [-0.39, 0.29) is 17.7 Å².